The molecule has 1 aromatic rings. The molecule has 1 rings (SSSR count). The summed E-state index contributed by atoms with van der Waals surface area (Å²) in [5, 5.41) is 0. The molecule has 1 aromatic carbocycles. The van der Waals surface area contributed by atoms with Gasteiger partial charge in [0, 0.05) is 5.56 Å². The molecule has 0 radical (unpaired) electrons. The van der Waals surface area contributed by atoms with Crippen LogP contribution in [0.5, 0.6) is 0 Å². The molecule has 1 unspecified atom stereocenters. The van der Waals surface area contributed by atoms with Crippen LogP contribution in [0.15, 0.2) is 30.3 Å². The van der Waals surface area contributed by atoms with Gasteiger partial charge in [-0.1, -0.05) is 30.3 Å². The van der Waals surface area contributed by atoms with Crippen LogP contribution in [-0.4, -0.2) is 18.2 Å². The van der Waals surface area contributed by atoms with E-state index in [1.165, 1.54) is 12.1 Å². The molecule has 12 heavy (non-hydrogen) atoms. The first-order chi connectivity index (χ1) is 5.75. The van der Waals surface area contributed by atoms with Gasteiger partial charge in [-0.25, -0.2) is 4.39 Å². The molecule has 0 aliphatic heterocycles. The van der Waals surface area contributed by atoms with Crippen LogP contribution in [0.2, 0.25) is 0 Å². The Morgan fingerprint density at radius 1 is 1.33 bits per heavy atom. The molecule has 0 aliphatic rings. The van der Waals surface area contributed by atoms with E-state index in [1.807, 2.05) is 0 Å². The number of hydrogen-bond acceptors (Lipinski definition) is 2. The molecule has 1 atom stereocenters. The average molecular weight is 166 g/mol. The predicted octanol–water partition coefficient (Wildman–Crippen LogP) is 1.41. The minimum absolute atomic E-state index is 0.00463. The molecular weight excluding hydrogens is 159 g/mol. The molecule has 0 N–H and O–H groups in total. The average Bonchev–Trinajstić information content (AvgIpc) is 2.17. The second-order valence-electron chi connectivity index (χ2n) is 2.27. The van der Waals surface area contributed by atoms with Crippen molar-refractivity contribution in [1.29, 1.82) is 0 Å². The van der Waals surface area contributed by atoms with Gasteiger partial charge in [-0.3, -0.25) is 9.59 Å². The Bertz CT molecular complexity index is 282. The molecule has 0 saturated heterocycles. The Morgan fingerprint density at radius 3 is 2.42 bits per heavy atom. The number of rotatable bonds is 3. The van der Waals surface area contributed by atoms with Crippen molar-refractivity contribution < 1.29 is 14.0 Å². The zero-order valence-corrected chi connectivity index (χ0v) is 6.24. The molecule has 3 heteroatoms. The van der Waals surface area contributed by atoms with Gasteiger partial charge in [0.05, 0.1) is 0 Å². The number of carbonyl (C=O) groups excluding carboxylic acids is 2. The van der Waals surface area contributed by atoms with Gasteiger partial charge < -0.3 is 0 Å². The van der Waals surface area contributed by atoms with Crippen molar-refractivity contribution in [2.75, 3.05) is 0 Å². The number of hydrogen-bond donors (Lipinski definition) is 0. The minimum Gasteiger partial charge on any atom is -0.300 e. The zero-order chi connectivity index (χ0) is 8.97. The van der Waals surface area contributed by atoms with E-state index >= 15 is 0 Å². The van der Waals surface area contributed by atoms with Crippen molar-refractivity contribution in [3.05, 3.63) is 35.9 Å². The summed E-state index contributed by atoms with van der Waals surface area (Å²) in [4.78, 5) is 20.9. The molecule has 62 valence electrons. The van der Waals surface area contributed by atoms with E-state index in [9.17, 15) is 14.0 Å². The molecule has 0 spiro atoms. The number of benzene rings is 1. The summed E-state index contributed by atoms with van der Waals surface area (Å²) in [6.45, 7) is 0. The molecule has 0 amide bonds. The van der Waals surface area contributed by atoms with Crippen molar-refractivity contribution in [3.8, 4) is 0 Å². The van der Waals surface area contributed by atoms with Gasteiger partial charge in [-0.2, -0.15) is 0 Å². The third-order valence-electron chi connectivity index (χ3n) is 1.43. The molecule has 0 aromatic heterocycles. The van der Waals surface area contributed by atoms with E-state index in [0.29, 0.717) is 0 Å². The lowest BCUT2D eigenvalue weighted by Gasteiger charge is -1.98. The topological polar surface area (TPSA) is 34.1 Å². The Kier molecular flexibility index (Phi) is 2.69. The fourth-order valence-electron chi connectivity index (χ4n) is 0.823. The molecule has 2 nitrogen and oxygen atoms in total. The Morgan fingerprint density at radius 2 is 1.92 bits per heavy atom. The SMILES string of the molecule is O=CC(F)C(=O)c1ccccc1. The van der Waals surface area contributed by atoms with E-state index in [4.69, 9.17) is 0 Å². The van der Waals surface area contributed by atoms with Crippen LogP contribution >= 0.6 is 0 Å². The monoisotopic (exact) mass is 166 g/mol. The fraction of sp³-hybridized carbons (Fsp3) is 0.111. The maximum Gasteiger partial charge on any atom is 0.217 e. The van der Waals surface area contributed by atoms with Gasteiger partial charge in [-0.05, 0) is 0 Å². The summed E-state index contributed by atoms with van der Waals surface area (Å²) in [5.74, 6) is -0.786. The minimum atomic E-state index is -2.03. The second-order valence-corrected chi connectivity index (χ2v) is 2.27. The number of carbonyl (C=O) groups is 2. The third-order valence-corrected chi connectivity index (χ3v) is 1.43. The highest BCUT2D eigenvalue weighted by molar-refractivity contribution is 6.07. The van der Waals surface area contributed by atoms with Crippen LogP contribution in [0.4, 0.5) is 4.39 Å². The van der Waals surface area contributed by atoms with E-state index in [1.54, 1.807) is 18.2 Å². The lowest BCUT2D eigenvalue weighted by atomic mass is 10.1. The first kappa shape index (κ1) is 8.59. The van der Waals surface area contributed by atoms with E-state index in [0.717, 1.165) is 0 Å². The summed E-state index contributed by atoms with van der Waals surface area (Å²) in [6.07, 6.45) is -2.04. The maximum atomic E-state index is 12.5. The Balaban J connectivity index is 2.85. The lowest BCUT2D eigenvalue weighted by Crippen LogP contribution is -2.16. The summed E-state index contributed by atoms with van der Waals surface area (Å²) < 4.78 is 12.5. The van der Waals surface area contributed by atoms with Gasteiger partial charge in [-0.15, -0.1) is 0 Å². The van der Waals surface area contributed by atoms with Crippen LogP contribution in [0.3, 0.4) is 0 Å². The van der Waals surface area contributed by atoms with Crippen LogP contribution in [-0.2, 0) is 4.79 Å². The summed E-state index contributed by atoms with van der Waals surface area (Å²) in [6, 6.07) is 7.89. The van der Waals surface area contributed by atoms with Gasteiger partial charge in [0.15, 0.2) is 6.29 Å². The lowest BCUT2D eigenvalue weighted by molar-refractivity contribution is -0.110. The summed E-state index contributed by atoms with van der Waals surface area (Å²) in [5.41, 5.74) is 0.220. The quantitative estimate of drug-likeness (QED) is 0.386. The number of ketones is 1. The van der Waals surface area contributed by atoms with E-state index in [2.05, 4.69) is 0 Å². The molecule has 0 heterocycles. The van der Waals surface area contributed by atoms with Crippen molar-refractivity contribution in [2.24, 2.45) is 0 Å². The van der Waals surface area contributed by atoms with Gasteiger partial charge >= 0.3 is 0 Å². The highest BCUT2D eigenvalue weighted by Gasteiger charge is 2.16. The van der Waals surface area contributed by atoms with Crippen LogP contribution < -0.4 is 0 Å². The van der Waals surface area contributed by atoms with Gasteiger partial charge in [0.2, 0.25) is 12.0 Å². The largest absolute Gasteiger partial charge is 0.300 e. The van der Waals surface area contributed by atoms with Gasteiger partial charge in [0.25, 0.3) is 0 Å². The highest BCUT2D eigenvalue weighted by Crippen LogP contribution is 2.03. The third kappa shape index (κ3) is 1.75. The number of Topliss-reactive ketones (excluding diaryl/α,β-unsaturated/α-hetero) is 1. The van der Waals surface area contributed by atoms with Crippen LogP contribution in [0.1, 0.15) is 10.4 Å². The summed E-state index contributed by atoms with van der Waals surface area (Å²) in [7, 11) is 0. The molecule has 0 aliphatic carbocycles. The van der Waals surface area contributed by atoms with Crippen molar-refractivity contribution >= 4 is 12.1 Å². The van der Waals surface area contributed by atoms with Crippen molar-refractivity contribution in [1.82, 2.24) is 0 Å². The first-order valence-corrected chi connectivity index (χ1v) is 3.44. The van der Waals surface area contributed by atoms with E-state index < -0.39 is 12.0 Å². The number of halogens is 1. The maximum absolute atomic E-state index is 12.5. The Labute approximate surface area is 69.0 Å². The van der Waals surface area contributed by atoms with Crippen LogP contribution in [0, 0.1) is 0 Å². The predicted molar refractivity (Wildman–Crippen MR) is 41.7 cm³/mol. The molecule has 0 saturated carbocycles. The highest BCUT2D eigenvalue weighted by atomic mass is 19.1. The number of alkyl halides is 1. The second kappa shape index (κ2) is 3.76. The smallest absolute Gasteiger partial charge is 0.217 e. The fourth-order valence-corrected chi connectivity index (χ4v) is 0.823. The van der Waals surface area contributed by atoms with E-state index in [-0.39, 0.29) is 11.8 Å². The number of aldehydes is 1. The normalized spacial score (nSPS) is 12.1. The Hall–Kier alpha value is -1.51. The van der Waals surface area contributed by atoms with Crippen LogP contribution in [0.25, 0.3) is 0 Å². The molecular formula is C9H7FO2. The molecule has 0 fully saturated rings. The molecule has 0 bridgehead atoms. The van der Waals surface area contributed by atoms with Gasteiger partial charge in [0.1, 0.15) is 0 Å². The zero-order valence-electron chi connectivity index (χ0n) is 6.24. The summed E-state index contributed by atoms with van der Waals surface area (Å²) >= 11 is 0. The van der Waals surface area contributed by atoms with Crippen molar-refractivity contribution in [3.63, 3.8) is 0 Å². The first-order valence-electron chi connectivity index (χ1n) is 3.44. The standard InChI is InChI=1S/C9H7FO2/c10-8(6-11)9(12)7-4-2-1-3-5-7/h1-6,8H. The van der Waals surface area contributed by atoms with Crippen molar-refractivity contribution in [2.45, 2.75) is 6.17 Å².